The maximum Gasteiger partial charge on any atom is 0.354 e. The molecule has 2 atom stereocenters. The number of rotatable bonds is 3. The number of anilines is 1. The Hall–Kier alpha value is -2.33. The van der Waals surface area contributed by atoms with E-state index in [0.29, 0.717) is 11.6 Å². The molecular formula is C19H25FN6O2S. The van der Waals surface area contributed by atoms with Crippen LogP contribution in [0.4, 0.5) is 14.9 Å². The monoisotopic (exact) mass is 420 g/mol. The van der Waals surface area contributed by atoms with Crippen LogP contribution in [0.15, 0.2) is 15.6 Å². The van der Waals surface area contributed by atoms with Crippen LogP contribution >= 0.6 is 0 Å². The number of halogens is 1. The van der Waals surface area contributed by atoms with E-state index in [4.69, 9.17) is 10.1 Å². The molecule has 8 nitrogen and oxygen atoms in total. The van der Waals surface area contributed by atoms with Gasteiger partial charge in [0.2, 0.25) is 5.03 Å². The summed E-state index contributed by atoms with van der Waals surface area (Å²) in [5.74, 6) is -0.515. The van der Waals surface area contributed by atoms with E-state index in [9.17, 15) is 13.4 Å². The molecule has 29 heavy (non-hydrogen) atoms. The summed E-state index contributed by atoms with van der Waals surface area (Å²) in [7, 11) is -3.82. The molecule has 0 fully saturated rings. The number of nitrogens with two attached hydrogens (primary N) is 1. The predicted octanol–water partition coefficient (Wildman–Crippen LogP) is 3.47. The van der Waals surface area contributed by atoms with Gasteiger partial charge in [0.25, 0.3) is 0 Å². The smallest absolute Gasteiger partial charge is 0.305 e. The first-order valence-electron chi connectivity index (χ1n) is 9.82. The normalized spacial score (nSPS) is 19.7. The summed E-state index contributed by atoms with van der Waals surface area (Å²) in [6, 6.07) is -1.01. The van der Waals surface area contributed by atoms with E-state index < -0.39 is 26.8 Å². The third kappa shape index (κ3) is 3.55. The number of carbonyl (C=O) groups excluding carboxylic acids is 1. The molecule has 2 amide bonds. The molecule has 2 aliphatic rings. The van der Waals surface area contributed by atoms with Crippen molar-refractivity contribution < 1.29 is 13.4 Å². The summed E-state index contributed by atoms with van der Waals surface area (Å²) in [4.78, 5) is 17.4. The van der Waals surface area contributed by atoms with E-state index in [1.165, 1.54) is 4.68 Å². The Morgan fingerprint density at radius 3 is 2.83 bits per heavy atom. The Labute approximate surface area is 169 Å². The Morgan fingerprint density at radius 2 is 2.14 bits per heavy atom. The van der Waals surface area contributed by atoms with Gasteiger partial charge in [0.15, 0.2) is 15.7 Å². The summed E-state index contributed by atoms with van der Waals surface area (Å²) in [5, 5.41) is 11.9. The molecule has 4 rings (SSSR count). The number of aromatic nitrogens is 3. The Kier molecular flexibility index (Phi) is 4.94. The molecule has 2 aromatic rings. The Morgan fingerprint density at radius 1 is 1.38 bits per heavy atom. The first-order valence-corrected chi connectivity index (χ1v) is 11.4. The standard InChI is InChI=1S/C19H25FN6O2S/c1-10(2)26-9-14(20)18(24-26)29(21,28)25-19(27)23-17-12-5-4-6-15(12)22-16-11(3)7-8-13(16)17/h9-11H,4-8H2,1-3H3,(H3,21,22,23,25,27,28)/t11-,29?/m1/s1. The lowest BCUT2D eigenvalue weighted by atomic mass is 10.0. The van der Waals surface area contributed by atoms with Crippen LogP contribution in [-0.2, 0) is 29.2 Å². The van der Waals surface area contributed by atoms with Crippen LogP contribution in [0.25, 0.3) is 0 Å². The second-order valence-corrected chi connectivity index (χ2v) is 9.72. The van der Waals surface area contributed by atoms with E-state index in [-0.39, 0.29) is 6.04 Å². The molecule has 1 unspecified atom stereocenters. The predicted molar refractivity (Wildman–Crippen MR) is 108 cm³/mol. The summed E-state index contributed by atoms with van der Waals surface area (Å²) in [6.07, 6.45) is 5.56. The lowest BCUT2D eigenvalue weighted by Gasteiger charge is -2.15. The number of carbonyl (C=O) groups is 1. The molecule has 2 aliphatic carbocycles. The van der Waals surface area contributed by atoms with E-state index in [0.717, 1.165) is 60.8 Å². The number of nitrogens with zero attached hydrogens (tertiary/aromatic N) is 4. The number of urea groups is 1. The van der Waals surface area contributed by atoms with Crippen LogP contribution in [0.2, 0.25) is 0 Å². The van der Waals surface area contributed by atoms with Crippen LogP contribution in [0.1, 0.15) is 68.1 Å². The van der Waals surface area contributed by atoms with Gasteiger partial charge in [-0.1, -0.05) is 6.92 Å². The van der Waals surface area contributed by atoms with Crippen LogP contribution in [0, 0.1) is 5.82 Å². The number of pyridine rings is 1. The molecule has 2 aromatic heterocycles. The van der Waals surface area contributed by atoms with E-state index in [2.05, 4.69) is 21.7 Å². The molecule has 0 aromatic carbocycles. The maximum atomic E-state index is 14.2. The zero-order valence-electron chi connectivity index (χ0n) is 16.7. The number of hydrogen-bond acceptors (Lipinski definition) is 4. The zero-order valence-corrected chi connectivity index (χ0v) is 17.6. The highest BCUT2D eigenvalue weighted by molar-refractivity contribution is 7.91. The van der Waals surface area contributed by atoms with Crippen LogP contribution in [0.5, 0.6) is 0 Å². The van der Waals surface area contributed by atoms with Crippen molar-refractivity contribution in [3.05, 3.63) is 34.5 Å². The van der Waals surface area contributed by atoms with Crippen LogP contribution in [-0.4, -0.2) is 25.0 Å². The largest absolute Gasteiger partial charge is 0.354 e. The van der Waals surface area contributed by atoms with Crippen molar-refractivity contribution in [3.63, 3.8) is 0 Å². The van der Waals surface area contributed by atoms with E-state index in [1.807, 2.05) is 0 Å². The van der Waals surface area contributed by atoms with E-state index in [1.54, 1.807) is 13.8 Å². The van der Waals surface area contributed by atoms with Crippen molar-refractivity contribution in [2.75, 3.05) is 5.32 Å². The second-order valence-electron chi connectivity index (χ2n) is 8.02. The van der Waals surface area contributed by atoms with Crippen molar-refractivity contribution >= 4 is 21.6 Å². The SMILES string of the molecule is CC(C)n1cc(F)c(S(N)(=O)=NC(=O)Nc2c3c(nc4c2CC[C@H]4C)CCC3)n1. The molecule has 0 aliphatic heterocycles. The summed E-state index contributed by atoms with van der Waals surface area (Å²) in [6.45, 7) is 5.71. The molecule has 0 saturated carbocycles. The lowest BCUT2D eigenvalue weighted by Crippen LogP contribution is -2.20. The average Bonchev–Trinajstić information content (AvgIpc) is 3.33. The maximum absolute atomic E-state index is 14.2. The first-order chi connectivity index (χ1) is 13.7. The first kappa shape index (κ1) is 20.0. The van der Waals surface area contributed by atoms with Gasteiger partial charge in [0.1, 0.15) is 0 Å². The van der Waals surface area contributed by atoms with Crippen molar-refractivity contribution in [2.24, 2.45) is 9.50 Å². The van der Waals surface area contributed by atoms with Crippen molar-refractivity contribution in [3.8, 4) is 0 Å². The van der Waals surface area contributed by atoms with Gasteiger partial charge in [-0.05, 0) is 63.0 Å². The fraction of sp³-hybridized carbons (Fsp3) is 0.526. The molecule has 156 valence electrons. The molecular weight excluding hydrogens is 395 g/mol. The Bertz CT molecular complexity index is 1120. The van der Waals surface area contributed by atoms with Gasteiger partial charge in [-0.15, -0.1) is 4.36 Å². The fourth-order valence-electron chi connectivity index (χ4n) is 4.06. The third-order valence-corrected chi connectivity index (χ3v) is 6.83. The average molecular weight is 421 g/mol. The topological polar surface area (TPSA) is 115 Å². The van der Waals surface area contributed by atoms with Crippen molar-refractivity contribution in [1.82, 2.24) is 14.8 Å². The van der Waals surface area contributed by atoms with Gasteiger partial charge in [-0.3, -0.25) is 9.67 Å². The van der Waals surface area contributed by atoms with Crippen LogP contribution < -0.4 is 10.5 Å². The lowest BCUT2D eigenvalue weighted by molar-refractivity contribution is 0.260. The molecule has 0 spiro atoms. The molecule has 0 radical (unpaired) electrons. The highest BCUT2D eigenvalue weighted by Gasteiger charge is 2.30. The summed E-state index contributed by atoms with van der Waals surface area (Å²) >= 11 is 0. The van der Waals surface area contributed by atoms with Crippen molar-refractivity contribution in [1.29, 1.82) is 0 Å². The molecule has 0 bridgehead atoms. The molecule has 0 saturated heterocycles. The third-order valence-electron chi connectivity index (χ3n) is 5.56. The minimum Gasteiger partial charge on any atom is -0.305 e. The van der Waals surface area contributed by atoms with Gasteiger partial charge in [-0.25, -0.2) is 18.5 Å². The zero-order chi connectivity index (χ0) is 20.9. The highest BCUT2D eigenvalue weighted by Crippen LogP contribution is 2.41. The number of amides is 2. The minimum absolute atomic E-state index is 0.147. The highest BCUT2D eigenvalue weighted by atomic mass is 32.2. The Balaban J connectivity index is 1.69. The molecule has 2 heterocycles. The van der Waals surface area contributed by atoms with Gasteiger partial charge in [0.05, 0.1) is 11.9 Å². The summed E-state index contributed by atoms with van der Waals surface area (Å²) in [5.41, 5.74) is 4.75. The van der Waals surface area contributed by atoms with Gasteiger partial charge >= 0.3 is 6.03 Å². The number of hydrogen-bond donors (Lipinski definition) is 2. The fourth-order valence-corrected chi connectivity index (χ4v) is 4.99. The molecule has 10 heteroatoms. The molecule has 3 N–H and O–H groups in total. The van der Waals surface area contributed by atoms with Crippen LogP contribution in [0.3, 0.4) is 0 Å². The van der Waals surface area contributed by atoms with Gasteiger partial charge in [0, 0.05) is 17.4 Å². The number of aryl methyl sites for hydroxylation is 1. The number of nitrogens with one attached hydrogen (secondary N) is 1. The quantitative estimate of drug-likeness (QED) is 0.791. The number of fused-ring (bicyclic) bond motifs is 2. The minimum atomic E-state index is -3.82. The second kappa shape index (κ2) is 7.17. The van der Waals surface area contributed by atoms with Gasteiger partial charge < -0.3 is 5.32 Å². The van der Waals surface area contributed by atoms with Gasteiger partial charge in [-0.2, -0.15) is 5.10 Å². The summed E-state index contributed by atoms with van der Waals surface area (Å²) < 4.78 is 31.9. The van der Waals surface area contributed by atoms with Crippen molar-refractivity contribution in [2.45, 2.75) is 69.9 Å². The van der Waals surface area contributed by atoms with E-state index >= 15 is 0 Å².